The smallest absolute Gasteiger partial charge is 0.302 e. The molecule has 0 saturated heterocycles. The van der Waals surface area contributed by atoms with Crippen LogP contribution in [0.15, 0.2) is 0 Å². The lowest BCUT2D eigenvalue weighted by Gasteiger charge is -2.58. The van der Waals surface area contributed by atoms with Crippen LogP contribution in [0, 0.1) is 52.3 Å². The van der Waals surface area contributed by atoms with Gasteiger partial charge in [-0.05, 0) is 109 Å². The van der Waals surface area contributed by atoms with Crippen molar-refractivity contribution >= 4 is 24.4 Å². The standard InChI is InChI=1S/C36H68O6SSi/c1-25(2)14-13-15-26(3)31-16-17-32-30(24-41-43(10,38)39)33(19-21-36(31,32)9)35(8)20-18-29(22-28(35)23-40-27(4)37)42-44(11,12)34(5,6)7/h25-26,28-33H,13-24H2,1-12H3/t26?,28-,29+,30+,31-,32+,33+,35+,36-/m1/s1. The van der Waals surface area contributed by atoms with Crippen molar-refractivity contribution in [1.29, 1.82) is 0 Å². The van der Waals surface area contributed by atoms with Crippen LogP contribution in [-0.2, 0) is 28.3 Å². The lowest BCUT2D eigenvalue weighted by Crippen LogP contribution is -2.54. The second-order valence-corrected chi connectivity index (χ2v) is 24.1. The Morgan fingerprint density at radius 2 is 1.55 bits per heavy atom. The fourth-order valence-corrected chi connectivity index (χ4v) is 11.4. The van der Waals surface area contributed by atoms with Crippen molar-refractivity contribution in [3.63, 3.8) is 0 Å². The summed E-state index contributed by atoms with van der Waals surface area (Å²) in [7, 11) is -5.52. The molecule has 3 rings (SSSR count). The fourth-order valence-electron chi connectivity index (χ4n) is 9.61. The molecule has 9 atom stereocenters. The summed E-state index contributed by atoms with van der Waals surface area (Å²) in [6.07, 6.45) is 12.7. The molecule has 0 aromatic heterocycles. The zero-order valence-electron chi connectivity index (χ0n) is 30.5. The molecule has 258 valence electrons. The Bertz CT molecular complexity index is 1070. The molecule has 3 aliphatic carbocycles. The van der Waals surface area contributed by atoms with Crippen molar-refractivity contribution in [3.05, 3.63) is 0 Å². The Labute approximate surface area is 272 Å². The Morgan fingerprint density at radius 3 is 2.11 bits per heavy atom. The van der Waals surface area contributed by atoms with Gasteiger partial charge in [-0.1, -0.05) is 74.7 Å². The molecule has 0 amide bonds. The average Bonchev–Trinajstić information content (AvgIpc) is 3.23. The number of fused-ring (bicyclic) bond motifs is 1. The highest BCUT2D eigenvalue weighted by molar-refractivity contribution is 7.85. The third kappa shape index (κ3) is 8.92. The van der Waals surface area contributed by atoms with Crippen LogP contribution in [0.2, 0.25) is 18.1 Å². The van der Waals surface area contributed by atoms with E-state index < -0.39 is 18.4 Å². The van der Waals surface area contributed by atoms with Crippen LogP contribution in [-0.4, -0.2) is 48.3 Å². The number of carbonyl (C=O) groups excluding carboxylic acids is 1. The topological polar surface area (TPSA) is 78.9 Å². The fraction of sp³-hybridized carbons (Fsp3) is 0.972. The molecular weight excluding hydrogens is 589 g/mol. The van der Waals surface area contributed by atoms with Crippen molar-refractivity contribution in [2.45, 2.75) is 151 Å². The number of esters is 1. The highest BCUT2D eigenvalue weighted by Gasteiger charge is 2.59. The highest BCUT2D eigenvalue weighted by Crippen LogP contribution is 2.65. The summed E-state index contributed by atoms with van der Waals surface area (Å²) >= 11 is 0. The van der Waals surface area contributed by atoms with E-state index in [9.17, 15) is 13.2 Å². The van der Waals surface area contributed by atoms with Crippen molar-refractivity contribution < 1.29 is 26.6 Å². The summed E-state index contributed by atoms with van der Waals surface area (Å²) in [5.41, 5.74) is 0.111. The first-order valence-corrected chi connectivity index (χ1v) is 22.5. The van der Waals surface area contributed by atoms with Gasteiger partial charge in [-0.3, -0.25) is 8.98 Å². The maximum absolute atomic E-state index is 12.4. The van der Waals surface area contributed by atoms with Gasteiger partial charge < -0.3 is 9.16 Å². The zero-order valence-corrected chi connectivity index (χ0v) is 32.3. The Hall–Kier alpha value is -0.443. The molecule has 1 unspecified atom stereocenters. The number of rotatable bonds is 13. The normalized spacial score (nSPS) is 35.8. The second kappa shape index (κ2) is 14.4. The first-order valence-electron chi connectivity index (χ1n) is 17.8. The Morgan fingerprint density at radius 1 is 0.932 bits per heavy atom. The number of hydrogen-bond acceptors (Lipinski definition) is 6. The molecule has 0 heterocycles. The van der Waals surface area contributed by atoms with E-state index in [-0.39, 0.29) is 46.4 Å². The van der Waals surface area contributed by atoms with Crippen LogP contribution in [0.3, 0.4) is 0 Å². The molecule has 8 heteroatoms. The molecular formula is C36H68O6SSi. The molecule has 0 N–H and O–H groups in total. The number of ether oxygens (including phenoxy) is 1. The number of hydrogen-bond donors (Lipinski definition) is 0. The van der Waals surface area contributed by atoms with Gasteiger partial charge in [0, 0.05) is 18.9 Å². The third-order valence-electron chi connectivity index (χ3n) is 13.2. The molecule has 3 aliphatic rings. The lowest BCUT2D eigenvalue weighted by atomic mass is 9.48. The summed E-state index contributed by atoms with van der Waals surface area (Å²) in [6.45, 7) is 25.7. The summed E-state index contributed by atoms with van der Waals surface area (Å²) < 4.78 is 43.1. The van der Waals surface area contributed by atoms with E-state index in [1.165, 1.54) is 45.3 Å². The van der Waals surface area contributed by atoms with Crippen molar-refractivity contribution in [2.75, 3.05) is 19.5 Å². The van der Waals surface area contributed by atoms with E-state index in [0.717, 1.165) is 38.0 Å². The van der Waals surface area contributed by atoms with Gasteiger partial charge in [0.1, 0.15) is 0 Å². The quantitative estimate of drug-likeness (QED) is 0.112. The zero-order chi connectivity index (χ0) is 33.3. The van der Waals surface area contributed by atoms with Crippen molar-refractivity contribution in [3.8, 4) is 0 Å². The minimum atomic E-state index is -3.56. The minimum Gasteiger partial charge on any atom is -0.466 e. The minimum absolute atomic E-state index is 0.0867. The molecule has 44 heavy (non-hydrogen) atoms. The molecule has 0 bridgehead atoms. The van der Waals surface area contributed by atoms with Gasteiger partial charge >= 0.3 is 5.97 Å². The molecule has 0 aromatic carbocycles. The molecule has 0 radical (unpaired) electrons. The van der Waals surface area contributed by atoms with Crippen LogP contribution in [0.25, 0.3) is 0 Å². The summed E-state index contributed by atoms with van der Waals surface area (Å²) in [5.74, 6) is 2.92. The second-order valence-electron chi connectivity index (χ2n) is 17.7. The Balaban J connectivity index is 1.91. The highest BCUT2D eigenvalue weighted by atomic mass is 32.2. The average molecular weight is 657 g/mol. The maximum atomic E-state index is 12.4. The van der Waals surface area contributed by atoms with Gasteiger partial charge in [0.25, 0.3) is 10.1 Å². The third-order valence-corrected chi connectivity index (χ3v) is 18.3. The molecule has 0 aliphatic heterocycles. The molecule has 3 fully saturated rings. The van der Waals surface area contributed by atoms with Crippen LogP contribution >= 0.6 is 0 Å². The summed E-state index contributed by atoms with van der Waals surface area (Å²) in [6, 6.07) is 0. The predicted molar refractivity (Wildman–Crippen MR) is 183 cm³/mol. The van der Waals surface area contributed by atoms with Gasteiger partial charge in [-0.25, -0.2) is 0 Å². The van der Waals surface area contributed by atoms with E-state index in [1.54, 1.807) is 0 Å². The van der Waals surface area contributed by atoms with Crippen LogP contribution in [0.1, 0.15) is 127 Å². The number of carbonyl (C=O) groups is 1. The van der Waals surface area contributed by atoms with Crippen molar-refractivity contribution in [1.82, 2.24) is 0 Å². The lowest BCUT2D eigenvalue weighted by molar-refractivity contribution is -0.151. The monoisotopic (exact) mass is 656 g/mol. The van der Waals surface area contributed by atoms with E-state index in [2.05, 4.69) is 68.5 Å². The molecule has 0 aromatic rings. The molecule has 0 spiro atoms. The summed E-state index contributed by atoms with van der Waals surface area (Å²) in [5, 5.41) is 0.131. The van der Waals surface area contributed by atoms with Gasteiger partial charge in [-0.2, -0.15) is 8.42 Å². The predicted octanol–water partition coefficient (Wildman–Crippen LogP) is 9.24. The SMILES string of the molecule is CC(=O)OC[C@H]1C[C@@H](O[Si](C)(C)C(C)(C)C)CC[C@]1(C)[C@H]1CC[C@]2(C)[C@@H](C(C)CCCC(C)C)CC[C@H]2[C@@H]1COS(C)(=O)=O. The first-order chi connectivity index (χ1) is 20.1. The van der Waals surface area contributed by atoms with E-state index >= 15 is 0 Å². The molecule has 6 nitrogen and oxygen atoms in total. The van der Waals surface area contributed by atoms with Crippen LogP contribution in [0.5, 0.6) is 0 Å². The van der Waals surface area contributed by atoms with E-state index in [0.29, 0.717) is 30.3 Å². The van der Waals surface area contributed by atoms with Gasteiger partial charge in [0.2, 0.25) is 0 Å². The Kier molecular flexibility index (Phi) is 12.4. The van der Waals surface area contributed by atoms with E-state index in [4.69, 9.17) is 13.3 Å². The van der Waals surface area contributed by atoms with Crippen molar-refractivity contribution in [2.24, 2.45) is 52.3 Å². The van der Waals surface area contributed by atoms with Gasteiger partial charge in [-0.15, -0.1) is 0 Å². The van der Waals surface area contributed by atoms with Gasteiger partial charge in [0.15, 0.2) is 8.32 Å². The van der Waals surface area contributed by atoms with Crippen LogP contribution < -0.4 is 0 Å². The molecule has 3 saturated carbocycles. The first kappa shape index (κ1) is 38.0. The van der Waals surface area contributed by atoms with E-state index in [1.807, 2.05) is 0 Å². The van der Waals surface area contributed by atoms with Crippen LogP contribution in [0.4, 0.5) is 0 Å². The van der Waals surface area contributed by atoms with Gasteiger partial charge in [0.05, 0.1) is 19.5 Å². The largest absolute Gasteiger partial charge is 0.466 e. The summed E-state index contributed by atoms with van der Waals surface area (Å²) in [4.78, 5) is 12.1. The maximum Gasteiger partial charge on any atom is 0.302 e.